The van der Waals surface area contributed by atoms with Gasteiger partial charge in [0.05, 0.1) is 0 Å². The maximum absolute atomic E-state index is 12.8. The maximum Gasteiger partial charge on any atom is 0.226 e. The van der Waals surface area contributed by atoms with Gasteiger partial charge in [0.25, 0.3) is 0 Å². The molecule has 0 spiro atoms. The largest absolute Gasteiger partial charge is 0.337 e. The van der Waals surface area contributed by atoms with Gasteiger partial charge in [0.2, 0.25) is 16.8 Å². The van der Waals surface area contributed by atoms with Crippen LogP contribution in [0.4, 0.5) is 0 Å². The highest BCUT2D eigenvalue weighted by Gasteiger charge is 2.35. The smallest absolute Gasteiger partial charge is 0.226 e. The Morgan fingerprint density at radius 2 is 1.78 bits per heavy atom. The third-order valence-corrected chi connectivity index (χ3v) is 6.15. The van der Waals surface area contributed by atoms with Crippen molar-refractivity contribution in [2.75, 3.05) is 26.2 Å². The van der Waals surface area contributed by atoms with Crippen molar-refractivity contribution in [2.45, 2.75) is 57.5 Å². The van der Waals surface area contributed by atoms with Crippen molar-refractivity contribution in [3.63, 3.8) is 0 Å². The predicted molar refractivity (Wildman–Crippen MR) is 89.5 cm³/mol. The molecule has 0 unspecified atom stereocenters. The van der Waals surface area contributed by atoms with E-state index in [9.17, 15) is 13.2 Å². The number of carbonyl (C=O) groups is 1. The van der Waals surface area contributed by atoms with E-state index >= 15 is 0 Å². The van der Waals surface area contributed by atoms with Gasteiger partial charge < -0.3 is 4.90 Å². The van der Waals surface area contributed by atoms with Gasteiger partial charge in [-0.25, -0.2) is 13.1 Å². The number of nitrogens with zero attached hydrogens (tertiary/aromatic N) is 2. The Morgan fingerprint density at radius 1 is 1.09 bits per heavy atom. The zero-order valence-electron chi connectivity index (χ0n) is 13.9. The predicted octanol–water partition coefficient (Wildman–Crippen LogP) is 0.604. The number of carbonyl (C=O) groups excluding carboxylic acids is 1. The van der Waals surface area contributed by atoms with Crippen molar-refractivity contribution in [3.05, 3.63) is 0 Å². The van der Waals surface area contributed by atoms with Gasteiger partial charge in [-0.1, -0.05) is 0 Å². The van der Waals surface area contributed by atoms with Gasteiger partial charge in [-0.15, -0.1) is 0 Å². The van der Waals surface area contributed by atoms with E-state index in [0.29, 0.717) is 6.04 Å². The summed E-state index contributed by atoms with van der Waals surface area (Å²) in [5.74, 6) is 1.27. The molecular weight excluding hydrogens is 314 g/mol. The lowest BCUT2D eigenvalue weighted by Gasteiger charge is -2.42. The van der Waals surface area contributed by atoms with Crippen LogP contribution in [0.5, 0.6) is 0 Å². The normalized spacial score (nSPS) is 33.1. The average Bonchev–Trinajstić information content (AvgIpc) is 3.31. The fraction of sp³-hybridized carbons (Fsp3) is 0.938. The molecule has 0 aromatic carbocycles. The Kier molecular flexibility index (Phi) is 5.59. The monoisotopic (exact) mass is 343 g/mol. The van der Waals surface area contributed by atoms with Crippen LogP contribution >= 0.6 is 0 Å². The molecule has 3 aliphatic rings. The zero-order chi connectivity index (χ0) is 16.4. The summed E-state index contributed by atoms with van der Waals surface area (Å²) in [5, 5.41) is 0. The first-order chi connectivity index (χ1) is 11.0. The summed E-state index contributed by atoms with van der Waals surface area (Å²) in [5.41, 5.74) is 0. The van der Waals surface area contributed by atoms with Crippen LogP contribution < -0.4 is 4.72 Å². The van der Waals surface area contributed by atoms with Crippen LogP contribution in [-0.2, 0) is 15.7 Å². The van der Waals surface area contributed by atoms with E-state index in [4.69, 9.17) is 0 Å². The van der Waals surface area contributed by atoms with Crippen molar-refractivity contribution in [2.24, 2.45) is 11.8 Å². The van der Waals surface area contributed by atoms with Crippen LogP contribution in [0.25, 0.3) is 0 Å². The van der Waals surface area contributed by atoms with E-state index in [0.717, 1.165) is 51.2 Å². The van der Waals surface area contributed by atoms with Crippen LogP contribution in [0.15, 0.2) is 0 Å². The molecule has 7 heteroatoms. The number of thiol groups is 1. The highest BCUT2D eigenvalue weighted by atomic mass is 32.2. The molecule has 0 radical (unpaired) electrons. The lowest BCUT2D eigenvalue weighted by Crippen LogP contribution is -2.56. The van der Waals surface area contributed by atoms with E-state index < -0.39 is 10.9 Å². The first-order valence-electron chi connectivity index (χ1n) is 8.96. The molecule has 23 heavy (non-hydrogen) atoms. The van der Waals surface area contributed by atoms with Crippen molar-refractivity contribution in [1.29, 1.82) is 0 Å². The van der Waals surface area contributed by atoms with Gasteiger partial charge in [0.1, 0.15) is 0 Å². The van der Waals surface area contributed by atoms with Gasteiger partial charge in [-0.2, -0.15) is 0 Å². The molecular formula is C16H29N3O3S. The summed E-state index contributed by atoms with van der Waals surface area (Å²) < 4.78 is 24.0. The van der Waals surface area contributed by atoms with Crippen molar-refractivity contribution >= 4 is 16.8 Å². The Bertz CT molecular complexity index is 491. The van der Waals surface area contributed by atoms with Gasteiger partial charge in [0.15, 0.2) is 0 Å². The van der Waals surface area contributed by atoms with Gasteiger partial charge in [-0.05, 0) is 51.4 Å². The number of hydrogen-bond acceptors (Lipinski definition) is 4. The van der Waals surface area contributed by atoms with Crippen molar-refractivity contribution in [1.82, 2.24) is 14.5 Å². The summed E-state index contributed by atoms with van der Waals surface area (Å²) in [6.07, 6.45) is 5.90. The SMILES string of the molecule is C[C@@H]1CN(CC2CC2)CCN1C(=O)C1CCC(N[SH](=O)=O)CC1. The fourth-order valence-corrected chi connectivity index (χ4v) is 4.60. The quantitative estimate of drug-likeness (QED) is 0.718. The maximum atomic E-state index is 12.8. The first kappa shape index (κ1) is 17.2. The first-order valence-corrected chi connectivity index (χ1v) is 10.1. The molecule has 0 aromatic rings. The highest BCUT2D eigenvalue weighted by Crippen LogP contribution is 2.31. The molecule has 1 amide bonds. The van der Waals surface area contributed by atoms with Gasteiger partial charge in [0, 0.05) is 44.2 Å². The molecule has 3 fully saturated rings. The fourth-order valence-electron chi connectivity index (χ4n) is 4.04. The van der Waals surface area contributed by atoms with E-state index in [1.165, 1.54) is 19.4 Å². The average molecular weight is 343 g/mol. The second kappa shape index (κ2) is 7.49. The minimum absolute atomic E-state index is 0.0213. The van der Waals surface area contributed by atoms with E-state index in [1.807, 2.05) is 0 Å². The van der Waals surface area contributed by atoms with Crippen LogP contribution in [-0.4, -0.2) is 62.4 Å². The van der Waals surface area contributed by atoms with Crippen LogP contribution in [0.2, 0.25) is 0 Å². The highest BCUT2D eigenvalue weighted by molar-refractivity contribution is 7.70. The number of hydrogen-bond donors (Lipinski definition) is 2. The molecule has 1 N–H and O–H groups in total. The van der Waals surface area contributed by atoms with Crippen LogP contribution in [0, 0.1) is 11.8 Å². The molecule has 1 aliphatic heterocycles. The summed E-state index contributed by atoms with van der Waals surface area (Å²) in [6, 6.07) is 0.315. The topological polar surface area (TPSA) is 69.7 Å². The molecule has 132 valence electrons. The molecule has 0 aromatic heterocycles. The van der Waals surface area contributed by atoms with Crippen LogP contribution in [0.3, 0.4) is 0 Å². The number of piperazine rings is 1. The third kappa shape index (κ3) is 4.67. The zero-order valence-corrected chi connectivity index (χ0v) is 14.8. The summed E-state index contributed by atoms with van der Waals surface area (Å²) in [7, 11) is -2.53. The second-order valence-electron chi connectivity index (χ2n) is 7.52. The number of amides is 1. The van der Waals surface area contributed by atoms with Crippen LogP contribution in [0.1, 0.15) is 45.4 Å². The molecule has 1 atom stereocenters. The van der Waals surface area contributed by atoms with E-state index in [-0.39, 0.29) is 17.9 Å². The molecule has 1 heterocycles. The van der Waals surface area contributed by atoms with Crippen molar-refractivity contribution < 1.29 is 13.2 Å². The summed E-state index contributed by atoms with van der Waals surface area (Å²) >= 11 is 0. The number of rotatable bonds is 5. The van der Waals surface area contributed by atoms with E-state index in [2.05, 4.69) is 21.4 Å². The standard InChI is InChI=1S/C16H29N3O3S/c1-12-10-18(11-13-2-3-13)8-9-19(12)16(20)14-4-6-15(7-5-14)17-23(21)22/h12-15,23H,2-11H2,1H3,(H,17,21,22)/t12-,14?,15?/m1/s1. The molecule has 1 saturated heterocycles. The molecule has 0 bridgehead atoms. The molecule has 3 rings (SSSR count). The third-order valence-electron chi connectivity index (χ3n) is 5.57. The Labute approximate surface area is 140 Å². The van der Waals surface area contributed by atoms with E-state index in [1.54, 1.807) is 0 Å². The summed E-state index contributed by atoms with van der Waals surface area (Å²) in [4.78, 5) is 17.4. The molecule has 2 saturated carbocycles. The second-order valence-corrected chi connectivity index (χ2v) is 8.29. The Hall–Kier alpha value is -0.660. The lowest BCUT2D eigenvalue weighted by molar-refractivity contribution is -0.141. The Balaban J connectivity index is 1.46. The lowest BCUT2D eigenvalue weighted by atomic mass is 9.85. The minimum Gasteiger partial charge on any atom is -0.337 e. The molecule has 6 nitrogen and oxygen atoms in total. The van der Waals surface area contributed by atoms with Gasteiger partial charge >= 0.3 is 0 Å². The van der Waals surface area contributed by atoms with Crippen molar-refractivity contribution in [3.8, 4) is 0 Å². The minimum atomic E-state index is -2.53. The van der Waals surface area contributed by atoms with Gasteiger partial charge in [-0.3, -0.25) is 9.69 Å². The number of nitrogens with one attached hydrogen (secondary N) is 1. The summed E-state index contributed by atoms with van der Waals surface area (Å²) in [6.45, 7) is 6.20. The molecule has 2 aliphatic carbocycles. The Morgan fingerprint density at radius 3 is 2.35 bits per heavy atom.